The summed E-state index contributed by atoms with van der Waals surface area (Å²) in [4.78, 5) is 0. The molecule has 0 saturated heterocycles. The maximum Gasteiger partial charge on any atom is 0.389 e. The van der Waals surface area contributed by atoms with Crippen molar-refractivity contribution in [3.63, 3.8) is 0 Å². The standard InChI is InChI=1S/C36H75O3PS/c1-4-7-10-13-16-19-22-25-28-31-34-38-40(37,39-35-32-29-26-23-20-17-14-11-8-5-2)41-36-33-30-27-24-21-18-15-12-9-6-3/h4-36H2,1-3H3. The average Bonchev–Trinajstić information content (AvgIpc) is 2.97. The lowest BCUT2D eigenvalue weighted by Crippen LogP contribution is -1.99. The quantitative estimate of drug-likeness (QED) is 0.0517. The molecule has 0 unspecified atom stereocenters. The Kier molecular flexibility index (Phi) is 35.4. The first-order chi connectivity index (χ1) is 20.2. The van der Waals surface area contributed by atoms with E-state index in [9.17, 15) is 4.57 Å². The Labute approximate surface area is 263 Å². The van der Waals surface area contributed by atoms with E-state index in [1.807, 2.05) is 0 Å². The molecule has 248 valence electrons. The molecule has 0 aliphatic rings. The Balaban J connectivity index is 4.07. The molecule has 5 heteroatoms. The summed E-state index contributed by atoms with van der Waals surface area (Å²) in [6.45, 7) is 4.96. The van der Waals surface area contributed by atoms with Crippen molar-refractivity contribution < 1.29 is 13.6 Å². The molecule has 0 aliphatic carbocycles. The minimum atomic E-state index is -3.03. The highest BCUT2D eigenvalue weighted by Gasteiger charge is 2.25. The fraction of sp³-hybridized carbons (Fsp3) is 1.00. The normalized spacial score (nSPS) is 12.0. The fourth-order valence-corrected chi connectivity index (χ4v) is 8.85. The van der Waals surface area contributed by atoms with E-state index in [0.29, 0.717) is 13.2 Å². The zero-order valence-corrected chi connectivity index (χ0v) is 30.1. The van der Waals surface area contributed by atoms with Crippen LogP contribution >= 0.6 is 18.2 Å². The average molecular weight is 619 g/mol. The molecule has 3 nitrogen and oxygen atoms in total. The lowest BCUT2D eigenvalue weighted by Gasteiger charge is -2.18. The Morgan fingerprint density at radius 2 is 0.610 bits per heavy atom. The van der Waals surface area contributed by atoms with Crippen molar-refractivity contribution in [1.82, 2.24) is 0 Å². The van der Waals surface area contributed by atoms with E-state index < -0.39 is 6.80 Å². The molecular formula is C36H75O3PS. The van der Waals surface area contributed by atoms with Gasteiger partial charge in [0.05, 0.1) is 13.2 Å². The molecule has 0 aromatic carbocycles. The second-order valence-corrected chi connectivity index (χ2v) is 16.7. The highest BCUT2D eigenvalue weighted by molar-refractivity contribution is 8.55. The fourth-order valence-electron chi connectivity index (χ4n) is 5.41. The molecule has 0 atom stereocenters. The van der Waals surface area contributed by atoms with Crippen molar-refractivity contribution >= 4 is 18.2 Å². The van der Waals surface area contributed by atoms with Crippen molar-refractivity contribution in [3.05, 3.63) is 0 Å². The van der Waals surface area contributed by atoms with Gasteiger partial charge in [0.25, 0.3) is 0 Å². The van der Waals surface area contributed by atoms with E-state index in [1.54, 1.807) is 0 Å². The molecule has 0 rings (SSSR count). The third-order valence-electron chi connectivity index (χ3n) is 8.24. The summed E-state index contributed by atoms with van der Waals surface area (Å²) < 4.78 is 25.5. The van der Waals surface area contributed by atoms with Gasteiger partial charge in [0.2, 0.25) is 0 Å². The van der Waals surface area contributed by atoms with Crippen LogP contribution in [0.3, 0.4) is 0 Å². The first kappa shape index (κ1) is 41.5. The summed E-state index contributed by atoms with van der Waals surface area (Å²) in [7, 11) is 0. The zero-order chi connectivity index (χ0) is 30.0. The molecule has 0 radical (unpaired) electrons. The van der Waals surface area contributed by atoms with E-state index in [1.165, 1.54) is 185 Å². The Morgan fingerprint density at radius 1 is 0.366 bits per heavy atom. The van der Waals surface area contributed by atoms with Crippen molar-refractivity contribution in [1.29, 1.82) is 0 Å². The highest BCUT2D eigenvalue weighted by Crippen LogP contribution is 2.61. The van der Waals surface area contributed by atoms with Gasteiger partial charge in [-0.15, -0.1) is 0 Å². The van der Waals surface area contributed by atoms with E-state index in [4.69, 9.17) is 9.05 Å². The summed E-state index contributed by atoms with van der Waals surface area (Å²) in [5.74, 6) is 0.893. The van der Waals surface area contributed by atoms with Gasteiger partial charge in [-0.2, -0.15) is 0 Å². The SMILES string of the molecule is CCCCCCCCCCCCOP(=O)(OCCCCCCCCCCCC)SCCCCCCCCCCCC. The lowest BCUT2D eigenvalue weighted by atomic mass is 10.1. The highest BCUT2D eigenvalue weighted by atomic mass is 32.7. The zero-order valence-electron chi connectivity index (χ0n) is 28.4. The second-order valence-electron chi connectivity index (χ2n) is 12.5. The molecule has 0 fully saturated rings. The molecule has 0 aliphatic heterocycles. The molecule has 0 N–H and O–H groups in total. The molecule has 0 aromatic heterocycles. The predicted octanol–water partition coefficient (Wildman–Crippen LogP) is 14.6. The van der Waals surface area contributed by atoms with E-state index in [2.05, 4.69) is 20.8 Å². The van der Waals surface area contributed by atoms with Crippen LogP contribution in [-0.2, 0) is 13.6 Å². The first-order valence-electron chi connectivity index (χ1n) is 18.7. The molecule has 0 saturated carbocycles. The lowest BCUT2D eigenvalue weighted by molar-refractivity contribution is 0.212. The summed E-state index contributed by atoms with van der Waals surface area (Å²) in [6, 6.07) is 0. The summed E-state index contributed by atoms with van der Waals surface area (Å²) >= 11 is 1.47. The molecule has 0 heterocycles. The second kappa shape index (κ2) is 35.0. The molecule has 0 amide bonds. The molecular weight excluding hydrogens is 543 g/mol. The number of unbranched alkanes of at least 4 members (excludes halogenated alkanes) is 27. The van der Waals surface area contributed by atoms with Crippen molar-refractivity contribution in [2.75, 3.05) is 19.0 Å². The van der Waals surface area contributed by atoms with Crippen LogP contribution in [0.15, 0.2) is 0 Å². The maximum absolute atomic E-state index is 13.5. The summed E-state index contributed by atoms with van der Waals surface area (Å²) in [6.07, 6.45) is 39.3. The Morgan fingerprint density at radius 3 is 0.902 bits per heavy atom. The molecule has 41 heavy (non-hydrogen) atoms. The Bertz CT molecular complexity index is 460. The first-order valence-corrected chi connectivity index (χ1v) is 21.9. The number of hydrogen-bond donors (Lipinski definition) is 0. The van der Waals surface area contributed by atoms with Gasteiger partial charge in [0.1, 0.15) is 0 Å². The van der Waals surface area contributed by atoms with Gasteiger partial charge in [0.15, 0.2) is 0 Å². The van der Waals surface area contributed by atoms with Crippen LogP contribution in [0.4, 0.5) is 0 Å². The van der Waals surface area contributed by atoms with Gasteiger partial charge < -0.3 is 9.05 Å². The summed E-state index contributed by atoms with van der Waals surface area (Å²) in [5, 5.41) is 0. The predicted molar refractivity (Wildman–Crippen MR) is 188 cm³/mol. The van der Waals surface area contributed by atoms with E-state index in [0.717, 1.165) is 25.0 Å². The smallest absolute Gasteiger partial charge is 0.301 e. The maximum atomic E-state index is 13.5. The van der Waals surface area contributed by atoms with Crippen LogP contribution in [0.5, 0.6) is 0 Å². The van der Waals surface area contributed by atoms with Gasteiger partial charge in [0, 0.05) is 5.75 Å². The van der Waals surface area contributed by atoms with Crippen molar-refractivity contribution in [2.24, 2.45) is 0 Å². The minimum absolute atomic E-state index is 0.580. The topological polar surface area (TPSA) is 35.5 Å². The summed E-state index contributed by atoms with van der Waals surface area (Å²) in [5.41, 5.74) is 0. The third kappa shape index (κ3) is 33.2. The Hall–Kier alpha value is 0.500. The van der Waals surface area contributed by atoms with Crippen molar-refractivity contribution in [2.45, 2.75) is 213 Å². The molecule has 0 aromatic rings. The largest absolute Gasteiger partial charge is 0.389 e. The monoisotopic (exact) mass is 619 g/mol. The van der Waals surface area contributed by atoms with Crippen LogP contribution in [0, 0.1) is 0 Å². The van der Waals surface area contributed by atoms with Crippen LogP contribution in [0.25, 0.3) is 0 Å². The third-order valence-corrected chi connectivity index (χ3v) is 12.2. The van der Waals surface area contributed by atoms with Crippen LogP contribution in [-0.4, -0.2) is 19.0 Å². The van der Waals surface area contributed by atoms with Gasteiger partial charge in [-0.3, -0.25) is 0 Å². The van der Waals surface area contributed by atoms with Crippen LogP contribution < -0.4 is 0 Å². The number of hydrogen-bond acceptors (Lipinski definition) is 4. The molecule has 0 spiro atoms. The van der Waals surface area contributed by atoms with Crippen molar-refractivity contribution in [3.8, 4) is 0 Å². The van der Waals surface area contributed by atoms with Crippen LogP contribution in [0.2, 0.25) is 0 Å². The van der Waals surface area contributed by atoms with Gasteiger partial charge in [-0.05, 0) is 30.6 Å². The van der Waals surface area contributed by atoms with Gasteiger partial charge >= 0.3 is 6.80 Å². The van der Waals surface area contributed by atoms with E-state index in [-0.39, 0.29) is 0 Å². The minimum Gasteiger partial charge on any atom is -0.301 e. The van der Waals surface area contributed by atoms with Crippen LogP contribution in [0.1, 0.15) is 213 Å². The van der Waals surface area contributed by atoms with Gasteiger partial charge in [-0.1, -0.05) is 194 Å². The number of rotatable bonds is 36. The molecule has 0 bridgehead atoms. The van der Waals surface area contributed by atoms with Gasteiger partial charge in [-0.25, -0.2) is 4.57 Å². The van der Waals surface area contributed by atoms with E-state index >= 15 is 0 Å².